The predicted molar refractivity (Wildman–Crippen MR) is 265 cm³/mol. The van der Waals surface area contributed by atoms with Crippen molar-refractivity contribution in [1.29, 1.82) is 0 Å². The van der Waals surface area contributed by atoms with Gasteiger partial charge in [-0.15, -0.1) is 0 Å². The number of nitrogens with zero attached hydrogens (tertiary/aromatic N) is 6. The smallest absolute Gasteiger partial charge is 0.166 e. The lowest BCUT2D eigenvalue weighted by atomic mass is 10.00. The lowest BCUT2D eigenvalue weighted by Crippen LogP contribution is -2.04. The molecule has 7 heteroatoms. The van der Waals surface area contributed by atoms with E-state index in [0.29, 0.717) is 17.5 Å². The van der Waals surface area contributed by atoms with Crippen LogP contribution in [0.25, 0.3) is 133 Å². The largest absolute Gasteiger partial charge is 0.456 e. The lowest BCUT2D eigenvalue weighted by molar-refractivity contribution is 0.668. The van der Waals surface area contributed by atoms with Gasteiger partial charge in [0.1, 0.15) is 11.2 Å². The number of rotatable bonds is 5. The molecule has 0 amide bonds. The van der Waals surface area contributed by atoms with Gasteiger partial charge in [-0.3, -0.25) is 4.98 Å². The average Bonchev–Trinajstić information content (AvgIpc) is 4.03. The van der Waals surface area contributed by atoms with Crippen LogP contribution >= 0.6 is 0 Å². The van der Waals surface area contributed by atoms with Crippen LogP contribution in [-0.4, -0.2) is 29.1 Å². The fraction of sp³-hybridized carbons (Fsp3) is 0. The molecule has 0 radical (unpaired) electrons. The van der Waals surface area contributed by atoms with E-state index in [9.17, 15) is 0 Å². The Morgan fingerprint density at radius 1 is 0.354 bits per heavy atom. The molecule has 65 heavy (non-hydrogen) atoms. The van der Waals surface area contributed by atoms with E-state index >= 15 is 0 Å². The Labute approximate surface area is 371 Å². The summed E-state index contributed by atoms with van der Waals surface area (Å²) in [6, 6.07) is 68.7. The van der Waals surface area contributed by atoms with Gasteiger partial charge >= 0.3 is 0 Å². The molecule has 14 aromatic rings. The first kappa shape index (κ1) is 35.6. The topological polar surface area (TPSA) is 74.6 Å². The second-order valence-electron chi connectivity index (χ2n) is 16.7. The number of benzene rings is 9. The maximum Gasteiger partial charge on any atom is 0.166 e. The van der Waals surface area contributed by atoms with E-state index in [1.54, 1.807) is 6.20 Å². The summed E-state index contributed by atoms with van der Waals surface area (Å²) in [5.74, 6) is 1.70. The summed E-state index contributed by atoms with van der Waals surface area (Å²) in [5, 5.41) is 11.5. The van der Waals surface area contributed by atoms with Gasteiger partial charge in [-0.1, -0.05) is 127 Å². The molecule has 7 nitrogen and oxygen atoms in total. The Morgan fingerprint density at radius 3 is 1.69 bits per heavy atom. The highest BCUT2D eigenvalue weighted by Gasteiger charge is 2.21. The molecule has 0 aliphatic heterocycles. The van der Waals surface area contributed by atoms with Crippen molar-refractivity contribution in [3.05, 3.63) is 207 Å². The van der Waals surface area contributed by atoms with Crippen molar-refractivity contribution in [3.63, 3.8) is 0 Å². The molecule has 0 aliphatic rings. The Morgan fingerprint density at radius 2 is 0.923 bits per heavy atom. The van der Waals surface area contributed by atoms with Gasteiger partial charge in [0, 0.05) is 67.1 Å². The summed E-state index contributed by atoms with van der Waals surface area (Å²) >= 11 is 0. The van der Waals surface area contributed by atoms with Gasteiger partial charge in [0.2, 0.25) is 0 Å². The summed E-state index contributed by atoms with van der Waals surface area (Å²) in [6.45, 7) is 0. The normalized spacial score (nSPS) is 12.0. The van der Waals surface area contributed by atoms with Crippen LogP contribution in [0.2, 0.25) is 0 Å². The van der Waals surface area contributed by atoms with Crippen LogP contribution in [0, 0.1) is 0 Å². The van der Waals surface area contributed by atoms with Crippen LogP contribution in [0.1, 0.15) is 0 Å². The van der Waals surface area contributed by atoms with E-state index in [0.717, 1.165) is 71.8 Å². The van der Waals surface area contributed by atoms with E-state index in [1.165, 1.54) is 43.4 Å². The van der Waals surface area contributed by atoms with Crippen molar-refractivity contribution >= 4 is 87.1 Å². The van der Waals surface area contributed by atoms with Gasteiger partial charge in [0.25, 0.3) is 0 Å². The monoisotopic (exact) mass is 830 g/mol. The zero-order chi connectivity index (χ0) is 42.6. The number of fused-ring (bicyclic) bond motifs is 12. The summed E-state index contributed by atoms with van der Waals surface area (Å²) in [6.07, 6.45) is 3.60. The van der Waals surface area contributed by atoms with Gasteiger partial charge in [-0.05, 0) is 88.3 Å². The number of aromatic nitrogens is 6. The Hall–Kier alpha value is -8.94. The Bertz CT molecular complexity index is 4220. The maximum atomic E-state index is 6.34. The van der Waals surface area contributed by atoms with E-state index in [4.69, 9.17) is 19.4 Å². The second-order valence-corrected chi connectivity index (χ2v) is 16.7. The minimum absolute atomic E-state index is 0.551. The molecule has 0 N–H and O–H groups in total. The quantitative estimate of drug-likeness (QED) is 0.162. The van der Waals surface area contributed by atoms with Crippen LogP contribution in [0.5, 0.6) is 0 Å². The molecule has 0 spiro atoms. The SMILES string of the molecule is c1ccc(-n2c3ccccc3c3ccc(-n4c5ccccc5c5ccccc54)cc32)c(-c2nc(-c3ccc4c(ccc5ccccc54)c3)nc(-c3ccc4c(c3)oc3ccncc34)n2)c1. The van der Waals surface area contributed by atoms with Crippen LogP contribution < -0.4 is 0 Å². The van der Waals surface area contributed by atoms with E-state index in [1.807, 2.05) is 18.3 Å². The van der Waals surface area contributed by atoms with Crippen LogP contribution in [0.4, 0.5) is 0 Å². The van der Waals surface area contributed by atoms with Crippen molar-refractivity contribution in [2.75, 3.05) is 0 Å². The first-order chi connectivity index (χ1) is 32.2. The molecule has 302 valence electrons. The molecule has 5 heterocycles. The van der Waals surface area contributed by atoms with Crippen LogP contribution in [0.15, 0.2) is 211 Å². The van der Waals surface area contributed by atoms with Crippen molar-refractivity contribution in [1.82, 2.24) is 29.1 Å². The highest BCUT2D eigenvalue weighted by atomic mass is 16.3. The Balaban J connectivity index is 1.00. The third-order valence-electron chi connectivity index (χ3n) is 13.1. The summed E-state index contributed by atoms with van der Waals surface area (Å²) < 4.78 is 11.1. The number of hydrogen-bond donors (Lipinski definition) is 0. The number of furan rings is 1. The molecule has 0 fully saturated rings. The summed E-state index contributed by atoms with van der Waals surface area (Å²) in [4.78, 5) is 20.3. The van der Waals surface area contributed by atoms with Gasteiger partial charge in [0.15, 0.2) is 17.5 Å². The van der Waals surface area contributed by atoms with Gasteiger partial charge in [-0.2, -0.15) is 0 Å². The minimum Gasteiger partial charge on any atom is -0.456 e. The maximum absolute atomic E-state index is 6.34. The van der Waals surface area contributed by atoms with E-state index in [2.05, 4.69) is 196 Å². The third kappa shape index (κ3) is 5.42. The predicted octanol–water partition coefficient (Wildman–Crippen LogP) is 14.7. The number of pyridine rings is 1. The van der Waals surface area contributed by atoms with Gasteiger partial charge < -0.3 is 13.6 Å². The molecule has 0 bridgehead atoms. The van der Waals surface area contributed by atoms with Gasteiger partial charge in [-0.25, -0.2) is 15.0 Å². The molecule has 0 saturated carbocycles. The highest BCUT2D eigenvalue weighted by molar-refractivity contribution is 6.13. The van der Waals surface area contributed by atoms with Crippen molar-refractivity contribution < 1.29 is 4.42 Å². The molecule has 9 aromatic carbocycles. The standard InChI is InChI=1S/C58H34N6O/c1-2-12-40-35(11-1)21-22-36-31-37(23-26-41(36)40)56-60-57(38-24-27-46-48-34-59-30-29-54(48)65-55(46)32-38)62-58(61-56)47-16-6-10-20-52(47)64-51-19-9-5-15-44(51)45-28-25-39(33-53(45)64)63-49-17-7-3-13-42(49)43-14-4-8-18-50(43)63/h1-34H. The fourth-order valence-corrected chi connectivity index (χ4v) is 10.1. The molecule has 5 aromatic heterocycles. The molecule has 0 aliphatic carbocycles. The Kier molecular flexibility index (Phi) is 7.55. The second kappa shape index (κ2) is 13.8. The molecule has 14 rings (SSSR count). The zero-order valence-electron chi connectivity index (χ0n) is 34.7. The van der Waals surface area contributed by atoms with Crippen LogP contribution in [0.3, 0.4) is 0 Å². The average molecular weight is 831 g/mol. The molecule has 0 saturated heterocycles. The molecule has 0 unspecified atom stereocenters. The summed E-state index contributed by atoms with van der Waals surface area (Å²) in [5.41, 5.74) is 10.7. The highest BCUT2D eigenvalue weighted by Crippen LogP contribution is 2.40. The number of para-hydroxylation sites is 4. The molecular weight excluding hydrogens is 797 g/mol. The third-order valence-corrected chi connectivity index (χ3v) is 13.1. The van der Waals surface area contributed by atoms with Crippen molar-refractivity contribution in [2.24, 2.45) is 0 Å². The van der Waals surface area contributed by atoms with Gasteiger partial charge in [0.05, 0.1) is 27.8 Å². The van der Waals surface area contributed by atoms with Crippen molar-refractivity contribution in [2.45, 2.75) is 0 Å². The first-order valence-electron chi connectivity index (χ1n) is 21.8. The van der Waals surface area contributed by atoms with Crippen molar-refractivity contribution in [3.8, 4) is 45.5 Å². The lowest BCUT2D eigenvalue weighted by Gasteiger charge is -2.15. The summed E-state index contributed by atoms with van der Waals surface area (Å²) in [7, 11) is 0. The molecular formula is C58H34N6O. The van der Waals surface area contributed by atoms with E-state index < -0.39 is 0 Å². The zero-order valence-corrected chi connectivity index (χ0v) is 34.7. The van der Waals surface area contributed by atoms with Crippen LogP contribution in [-0.2, 0) is 0 Å². The molecule has 0 atom stereocenters. The minimum atomic E-state index is 0.551. The fourth-order valence-electron chi connectivity index (χ4n) is 10.1. The van der Waals surface area contributed by atoms with E-state index in [-0.39, 0.29) is 0 Å². The number of hydrogen-bond acceptors (Lipinski definition) is 5. The first-order valence-corrected chi connectivity index (χ1v) is 21.8.